The molecule has 4 heterocycles. The third kappa shape index (κ3) is 3.45. The topological polar surface area (TPSA) is 107 Å². The molecular formula is C22H20FN6O2P. The monoisotopic (exact) mass is 450 g/mol. The molecule has 0 saturated heterocycles. The number of carbonyl (C=O) groups is 1. The lowest BCUT2D eigenvalue weighted by Gasteiger charge is -2.16. The van der Waals surface area contributed by atoms with Crippen LogP contribution < -0.4 is 15.8 Å². The zero-order valence-corrected chi connectivity index (χ0v) is 18.2. The number of nitrogens with one attached hydrogen (secondary N) is 1. The Balaban J connectivity index is 1.63. The Bertz CT molecular complexity index is 1460. The van der Waals surface area contributed by atoms with Gasteiger partial charge in [0.25, 0.3) is 0 Å². The number of ether oxygens (including phenoxy) is 1. The first-order chi connectivity index (χ1) is 15.6. The van der Waals surface area contributed by atoms with E-state index in [4.69, 9.17) is 15.5 Å². The number of nitrogens with two attached hydrogens (primary N) is 1. The Labute approximate surface area is 183 Å². The van der Waals surface area contributed by atoms with Crippen molar-refractivity contribution in [2.45, 2.75) is 19.6 Å². The Hall–Kier alpha value is -3.55. The second kappa shape index (κ2) is 8.18. The van der Waals surface area contributed by atoms with Crippen LogP contribution in [0.3, 0.4) is 0 Å². The maximum Gasteiger partial charge on any atom is 0.218 e. The predicted molar refractivity (Wildman–Crippen MR) is 124 cm³/mol. The average Bonchev–Trinajstić information content (AvgIpc) is 3.40. The molecule has 0 fully saturated rings. The van der Waals surface area contributed by atoms with Gasteiger partial charge in [-0.15, -0.1) is 8.19 Å². The Kier molecular flexibility index (Phi) is 5.20. The number of fused-ring (bicyclic) bond motifs is 5. The van der Waals surface area contributed by atoms with E-state index in [0.717, 1.165) is 28.5 Å². The van der Waals surface area contributed by atoms with E-state index in [2.05, 4.69) is 21.5 Å². The van der Waals surface area contributed by atoms with E-state index in [1.165, 1.54) is 17.4 Å². The van der Waals surface area contributed by atoms with Gasteiger partial charge in [-0.2, -0.15) is 5.10 Å². The van der Waals surface area contributed by atoms with Gasteiger partial charge in [-0.3, -0.25) is 4.79 Å². The molecule has 0 spiro atoms. The summed E-state index contributed by atoms with van der Waals surface area (Å²) < 4.78 is 21.4. The molecule has 162 valence electrons. The molecular weight excluding hydrogens is 430 g/mol. The van der Waals surface area contributed by atoms with Crippen molar-refractivity contribution in [1.29, 1.82) is 0 Å². The molecule has 5 aromatic rings. The summed E-state index contributed by atoms with van der Waals surface area (Å²) in [6.07, 6.45) is 3.11. The minimum Gasteiger partial charge on any atom is -0.473 e. The van der Waals surface area contributed by atoms with E-state index < -0.39 is 5.82 Å². The van der Waals surface area contributed by atoms with Crippen molar-refractivity contribution in [3.8, 4) is 5.88 Å². The molecule has 32 heavy (non-hydrogen) atoms. The standard InChI is InChI=1S/C22H20FN6O2P/c1-12(7-24)31-21-13(6-15(23)10-26-21)8-25-19-18-16-4-2-3-5-17(16)32-22(18)29-20(28-19)14(11-30)9-27-29/h2-6,9-12,32H,7-8,24H2,1H3,(H,25,28). The molecule has 0 aliphatic carbocycles. The van der Waals surface area contributed by atoms with Crippen molar-refractivity contribution in [2.75, 3.05) is 11.9 Å². The maximum atomic E-state index is 13.9. The van der Waals surface area contributed by atoms with Crippen LogP contribution in [0.2, 0.25) is 0 Å². The van der Waals surface area contributed by atoms with Gasteiger partial charge in [0.1, 0.15) is 17.7 Å². The molecule has 10 heteroatoms. The van der Waals surface area contributed by atoms with Crippen molar-refractivity contribution in [3.63, 3.8) is 0 Å². The number of halogens is 1. The maximum absolute atomic E-state index is 13.9. The van der Waals surface area contributed by atoms with Crippen LogP contribution in [0.4, 0.5) is 10.2 Å². The summed E-state index contributed by atoms with van der Waals surface area (Å²) in [6, 6.07) is 9.46. The number of aromatic nitrogens is 4. The van der Waals surface area contributed by atoms with Crippen LogP contribution in [0, 0.1) is 5.82 Å². The minimum absolute atomic E-state index is 0.225. The normalized spacial score (nSPS) is 12.7. The summed E-state index contributed by atoms with van der Waals surface area (Å²) in [5, 5.41) is 11.8. The van der Waals surface area contributed by atoms with Gasteiger partial charge < -0.3 is 15.8 Å². The first-order valence-corrected chi connectivity index (χ1v) is 11.1. The van der Waals surface area contributed by atoms with Crippen molar-refractivity contribution < 1.29 is 13.9 Å². The summed E-state index contributed by atoms with van der Waals surface area (Å²) >= 11 is 0. The number of aldehydes is 1. The molecule has 0 saturated carbocycles. The summed E-state index contributed by atoms with van der Waals surface area (Å²) in [5.74, 6) is 0.444. The first-order valence-electron chi connectivity index (χ1n) is 10.1. The fourth-order valence-electron chi connectivity index (χ4n) is 3.65. The van der Waals surface area contributed by atoms with Gasteiger partial charge in [0, 0.05) is 23.8 Å². The van der Waals surface area contributed by atoms with E-state index in [-0.39, 0.29) is 12.6 Å². The Morgan fingerprint density at radius 1 is 1.34 bits per heavy atom. The predicted octanol–water partition coefficient (Wildman–Crippen LogP) is 3.75. The van der Waals surface area contributed by atoms with Crippen LogP contribution >= 0.6 is 8.19 Å². The number of carbonyl (C=O) groups excluding carboxylic acids is 1. The highest BCUT2D eigenvalue weighted by Gasteiger charge is 2.18. The van der Waals surface area contributed by atoms with Gasteiger partial charge in [0.15, 0.2) is 11.9 Å². The van der Waals surface area contributed by atoms with Gasteiger partial charge in [0.2, 0.25) is 5.88 Å². The molecule has 8 nitrogen and oxygen atoms in total. The number of benzene rings is 1. The molecule has 2 unspecified atom stereocenters. The molecule has 5 rings (SSSR count). The van der Waals surface area contributed by atoms with Crippen LogP contribution in [-0.2, 0) is 6.54 Å². The zero-order chi connectivity index (χ0) is 22.2. The molecule has 0 aliphatic rings. The highest BCUT2D eigenvalue weighted by molar-refractivity contribution is 7.43. The number of nitrogens with zero attached hydrogens (tertiary/aromatic N) is 4. The summed E-state index contributed by atoms with van der Waals surface area (Å²) in [7, 11) is 0.372. The lowest BCUT2D eigenvalue weighted by Crippen LogP contribution is -2.24. The smallest absolute Gasteiger partial charge is 0.218 e. The fraction of sp³-hybridized carbons (Fsp3) is 0.182. The molecule has 0 amide bonds. The fourth-order valence-corrected chi connectivity index (χ4v) is 5.07. The third-order valence-electron chi connectivity index (χ3n) is 5.23. The van der Waals surface area contributed by atoms with Gasteiger partial charge in [0.05, 0.1) is 28.6 Å². The van der Waals surface area contributed by atoms with Crippen LogP contribution in [0.1, 0.15) is 22.8 Å². The molecule has 0 aliphatic heterocycles. The lowest BCUT2D eigenvalue weighted by atomic mass is 10.2. The van der Waals surface area contributed by atoms with Crippen molar-refractivity contribution in [2.24, 2.45) is 5.73 Å². The summed E-state index contributed by atoms with van der Waals surface area (Å²) in [4.78, 5) is 20.3. The van der Waals surface area contributed by atoms with Crippen molar-refractivity contribution in [3.05, 3.63) is 59.7 Å². The molecule has 1 aromatic carbocycles. The quantitative estimate of drug-likeness (QED) is 0.364. The molecule has 2 atom stereocenters. The largest absolute Gasteiger partial charge is 0.473 e. The van der Waals surface area contributed by atoms with Gasteiger partial charge in [-0.05, 0) is 18.4 Å². The molecule has 4 aromatic heterocycles. The van der Waals surface area contributed by atoms with E-state index in [1.807, 2.05) is 25.1 Å². The number of hydrogen-bond donors (Lipinski definition) is 2. The number of anilines is 1. The molecule has 3 N–H and O–H groups in total. The Morgan fingerprint density at radius 2 is 2.19 bits per heavy atom. The second-order valence-corrected chi connectivity index (χ2v) is 8.71. The third-order valence-corrected chi connectivity index (χ3v) is 6.64. The summed E-state index contributed by atoms with van der Waals surface area (Å²) in [6.45, 7) is 2.36. The highest BCUT2D eigenvalue weighted by Crippen LogP contribution is 2.41. The molecule has 0 bridgehead atoms. The SMILES string of the molecule is CC(CN)Oc1ncc(F)cc1CNc1nc2c(C=O)cnn2c2[pH]c3ccccc3c12. The lowest BCUT2D eigenvalue weighted by molar-refractivity contribution is 0.112. The number of rotatable bonds is 7. The van der Waals surface area contributed by atoms with E-state index in [9.17, 15) is 9.18 Å². The number of hydrogen-bond acceptors (Lipinski definition) is 7. The average molecular weight is 450 g/mol. The van der Waals surface area contributed by atoms with Gasteiger partial charge >= 0.3 is 0 Å². The van der Waals surface area contributed by atoms with Crippen LogP contribution in [0.25, 0.3) is 26.8 Å². The minimum atomic E-state index is -0.464. The second-order valence-electron chi connectivity index (χ2n) is 7.44. The highest BCUT2D eigenvalue weighted by atomic mass is 31.0. The van der Waals surface area contributed by atoms with Gasteiger partial charge in [-0.1, -0.05) is 24.3 Å². The molecule has 0 radical (unpaired) electrons. The van der Waals surface area contributed by atoms with Crippen LogP contribution in [-0.4, -0.2) is 38.5 Å². The van der Waals surface area contributed by atoms with Crippen molar-refractivity contribution in [1.82, 2.24) is 19.6 Å². The summed E-state index contributed by atoms with van der Waals surface area (Å²) in [5.41, 5.74) is 7.08. The zero-order valence-electron chi connectivity index (χ0n) is 17.2. The van der Waals surface area contributed by atoms with E-state index >= 15 is 0 Å². The van der Waals surface area contributed by atoms with Crippen molar-refractivity contribution >= 4 is 47.1 Å². The van der Waals surface area contributed by atoms with Crippen LogP contribution in [0.15, 0.2) is 42.7 Å². The number of pyridine rings is 1. The van der Waals surface area contributed by atoms with E-state index in [1.54, 1.807) is 4.52 Å². The van der Waals surface area contributed by atoms with Crippen LogP contribution in [0.5, 0.6) is 5.88 Å². The van der Waals surface area contributed by atoms with Gasteiger partial charge in [-0.25, -0.2) is 18.9 Å². The van der Waals surface area contributed by atoms with E-state index in [0.29, 0.717) is 43.2 Å². The Morgan fingerprint density at radius 3 is 3.00 bits per heavy atom. The first kappa shape index (κ1) is 20.4.